The van der Waals surface area contributed by atoms with Crippen molar-refractivity contribution in [1.82, 2.24) is 0 Å². The average molecular weight is 661 g/mol. The van der Waals surface area contributed by atoms with Gasteiger partial charge in [-0.25, -0.2) is 0 Å². The van der Waals surface area contributed by atoms with Gasteiger partial charge < -0.3 is 33.2 Å². The molecule has 5 atom stereocenters. The lowest BCUT2D eigenvalue weighted by Gasteiger charge is -2.46. The maximum absolute atomic E-state index is 6.80. The molecule has 5 aromatic rings. The third-order valence-corrected chi connectivity index (χ3v) is 8.41. The zero-order valence-corrected chi connectivity index (χ0v) is 27.8. The smallest absolute Gasteiger partial charge is 0.187 e. The summed E-state index contributed by atoms with van der Waals surface area (Å²) in [5.74, 6) is 0.783. The number of hydrogen-bond donors (Lipinski definition) is 0. The summed E-state index contributed by atoms with van der Waals surface area (Å²) in [6, 6.07) is 48.2. The van der Waals surface area contributed by atoms with E-state index >= 15 is 0 Å². The first-order chi connectivity index (χ1) is 24.2. The van der Waals surface area contributed by atoms with Gasteiger partial charge in [-0.05, 0) is 39.9 Å². The predicted octanol–water partition coefficient (Wildman–Crippen LogP) is 7.91. The number of methoxy groups -OCH3 is 1. The zero-order chi connectivity index (χ0) is 33.5. The Morgan fingerprint density at radius 1 is 0.429 bits per heavy atom. The van der Waals surface area contributed by atoms with Crippen molar-refractivity contribution in [1.29, 1.82) is 0 Å². The van der Waals surface area contributed by atoms with E-state index in [0.29, 0.717) is 33.0 Å². The van der Waals surface area contributed by atoms with E-state index < -0.39 is 30.7 Å². The minimum Gasteiger partial charge on any atom is -0.497 e. The molecule has 1 aliphatic heterocycles. The number of benzene rings is 5. The molecule has 1 aliphatic rings. The van der Waals surface area contributed by atoms with Crippen LogP contribution in [0.2, 0.25) is 0 Å². The molecule has 0 aliphatic carbocycles. The summed E-state index contributed by atoms with van der Waals surface area (Å²) in [5, 5.41) is 0. The highest BCUT2D eigenvalue weighted by atomic mass is 16.7. The zero-order valence-electron chi connectivity index (χ0n) is 27.8. The Morgan fingerprint density at radius 3 is 1.33 bits per heavy atom. The van der Waals surface area contributed by atoms with Crippen LogP contribution < -0.4 is 4.74 Å². The summed E-state index contributed by atoms with van der Waals surface area (Å²) in [7, 11) is 1.65. The van der Waals surface area contributed by atoms with Gasteiger partial charge in [0, 0.05) is 0 Å². The van der Waals surface area contributed by atoms with Crippen LogP contribution in [-0.2, 0) is 61.5 Å². The molecular weight excluding hydrogens is 616 g/mol. The molecule has 6 rings (SSSR count). The Hall–Kier alpha value is -4.34. The summed E-state index contributed by atoms with van der Waals surface area (Å²) >= 11 is 0. The molecule has 0 bridgehead atoms. The first-order valence-corrected chi connectivity index (χ1v) is 16.7. The molecule has 0 radical (unpaired) electrons. The molecule has 0 spiro atoms. The Kier molecular flexibility index (Phi) is 13.0. The lowest BCUT2D eigenvalue weighted by atomic mass is 9.97. The van der Waals surface area contributed by atoms with Gasteiger partial charge in [0.1, 0.15) is 30.2 Å². The Bertz CT molecular complexity index is 1620. The Balaban J connectivity index is 1.29. The maximum atomic E-state index is 6.80. The SMILES string of the molecule is COc1ccc(COC2OC(COCc3ccccc3)C(OCc3ccccc3)C(OCc3ccccc3)C2OCc2ccccc2)cc1. The molecule has 1 fully saturated rings. The molecule has 0 amide bonds. The number of hydrogen-bond acceptors (Lipinski definition) is 7. The van der Waals surface area contributed by atoms with E-state index in [9.17, 15) is 0 Å². The van der Waals surface area contributed by atoms with E-state index in [0.717, 1.165) is 33.6 Å². The van der Waals surface area contributed by atoms with Gasteiger partial charge in [0.25, 0.3) is 0 Å². The van der Waals surface area contributed by atoms with E-state index in [1.54, 1.807) is 7.11 Å². The van der Waals surface area contributed by atoms with Crippen molar-refractivity contribution in [3.05, 3.63) is 173 Å². The van der Waals surface area contributed by atoms with Gasteiger partial charge in [-0.3, -0.25) is 0 Å². The predicted molar refractivity (Wildman–Crippen MR) is 188 cm³/mol. The first kappa shape index (κ1) is 34.5. The third kappa shape index (κ3) is 10.3. The highest BCUT2D eigenvalue weighted by Crippen LogP contribution is 2.32. The van der Waals surface area contributed by atoms with E-state index in [1.165, 1.54) is 0 Å². The second-order valence-corrected chi connectivity index (χ2v) is 12.0. The molecule has 1 saturated heterocycles. The molecule has 7 heteroatoms. The van der Waals surface area contributed by atoms with E-state index in [-0.39, 0.29) is 6.61 Å². The molecule has 7 nitrogen and oxygen atoms in total. The second-order valence-electron chi connectivity index (χ2n) is 12.0. The van der Waals surface area contributed by atoms with Crippen LogP contribution in [0.4, 0.5) is 0 Å². The van der Waals surface area contributed by atoms with Gasteiger partial charge in [-0.15, -0.1) is 0 Å². The lowest BCUT2D eigenvalue weighted by molar-refractivity contribution is -0.330. The topological polar surface area (TPSA) is 64.6 Å². The van der Waals surface area contributed by atoms with E-state index in [2.05, 4.69) is 24.3 Å². The van der Waals surface area contributed by atoms with Crippen LogP contribution >= 0.6 is 0 Å². The van der Waals surface area contributed by atoms with Crippen LogP contribution in [-0.4, -0.2) is 44.4 Å². The molecule has 5 aromatic carbocycles. The fraction of sp³-hybridized carbons (Fsp3) is 0.286. The van der Waals surface area contributed by atoms with Crippen molar-refractivity contribution in [3.63, 3.8) is 0 Å². The summed E-state index contributed by atoms with van der Waals surface area (Å²) < 4.78 is 45.2. The van der Waals surface area contributed by atoms with E-state index in [4.69, 9.17) is 33.2 Å². The number of ether oxygens (including phenoxy) is 7. The molecule has 5 unspecified atom stereocenters. The monoisotopic (exact) mass is 660 g/mol. The van der Waals surface area contributed by atoms with Crippen molar-refractivity contribution in [2.45, 2.75) is 63.7 Å². The lowest BCUT2D eigenvalue weighted by Crippen LogP contribution is -2.61. The van der Waals surface area contributed by atoms with Crippen LogP contribution in [0, 0.1) is 0 Å². The quantitative estimate of drug-likeness (QED) is 0.100. The third-order valence-electron chi connectivity index (χ3n) is 8.41. The van der Waals surface area contributed by atoms with Gasteiger partial charge in [-0.2, -0.15) is 0 Å². The molecule has 254 valence electrons. The van der Waals surface area contributed by atoms with Crippen LogP contribution in [0.25, 0.3) is 0 Å². The summed E-state index contributed by atoms with van der Waals surface area (Å²) in [4.78, 5) is 0. The molecule has 0 N–H and O–H groups in total. The van der Waals surface area contributed by atoms with Gasteiger partial charge in [0.15, 0.2) is 6.29 Å². The first-order valence-electron chi connectivity index (χ1n) is 16.7. The minimum absolute atomic E-state index is 0.271. The maximum Gasteiger partial charge on any atom is 0.187 e. The van der Waals surface area contributed by atoms with Gasteiger partial charge >= 0.3 is 0 Å². The van der Waals surface area contributed by atoms with Crippen LogP contribution in [0.15, 0.2) is 146 Å². The standard InChI is InChI=1S/C42H44O7/c1-43-37-24-22-36(23-25-37)30-48-42-41(47-29-35-20-12-5-13-21-35)40(46-28-34-18-10-4-11-19-34)39(45-27-33-16-8-3-9-17-33)38(49-42)31-44-26-32-14-6-2-7-15-32/h2-25,38-42H,26-31H2,1H3. The van der Waals surface area contributed by atoms with Gasteiger partial charge in [-0.1, -0.05) is 133 Å². The van der Waals surface area contributed by atoms with Gasteiger partial charge in [0.05, 0.1) is 46.8 Å². The highest BCUT2D eigenvalue weighted by Gasteiger charge is 2.49. The molecular formula is C42H44O7. The van der Waals surface area contributed by atoms with Crippen molar-refractivity contribution in [3.8, 4) is 5.75 Å². The molecule has 49 heavy (non-hydrogen) atoms. The molecule has 0 aromatic heterocycles. The second kappa shape index (κ2) is 18.4. The largest absolute Gasteiger partial charge is 0.497 e. The van der Waals surface area contributed by atoms with Gasteiger partial charge in [0.2, 0.25) is 0 Å². The average Bonchev–Trinajstić information content (AvgIpc) is 3.17. The van der Waals surface area contributed by atoms with Crippen molar-refractivity contribution in [2.75, 3.05) is 13.7 Å². The summed E-state index contributed by atoms with van der Waals surface area (Å²) in [5.41, 5.74) is 5.19. The normalized spacial score (nSPS) is 20.6. The highest BCUT2D eigenvalue weighted by molar-refractivity contribution is 5.26. The Morgan fingerprint density at radius 2 is 0.837 bits per heavy atom. The summed E-state index contributed by atoms with van der Waals surface area (Å²) in [6.45, 7) is 2.10. The molecule has 1 heterocycles. The van der Waals surface area contributed by atoms with Crippen molar-refractivity contribution < 1.29 is 33.2 Å². The van der Waals surface area contributed by atoms with Crippen LogP contribution in [0.3, 0.4) is 0 Å². The van der Waals surface area contributed by atoms with Crippen molar-refractivity contribution in [2.24, 2.45) is 0 Å². The minimum atomic E-state index is -0.770. The summed E-state index contributed by atoms with van der Waals surface area (Å²) in [6.07, 6.45) is -2.97. The van der Waals surface area contributed by atoms with Crippen LogP contribution in [0.1, 0.15) is 27.8 Å². The van der Waals surface area contributed by atoms with Crippen molar-refractivity contribution >= 4 is 0 Å². The van der Waals surface area contributed by atoms with Crippen LogP contribution in [0.5, 0.6) is 5.75 Å². The Labute approximate surface area is 289 Å². The fourth-order valence-corrected chi connectivity index (χ4v) is 5.78. The molecule has 0 saturated carbocycles. The number of rotatable bonds is 17. The van der Waals surface area contributed by atoms with E-state index in [1.807, 2.05) is 121 Å². The fourth-order valence-electron chi connectivity index (χ4n) is 5.78.